The fourth-order valence-corrected chi connectivity index (χ4v) is 4.17. The lowest BCUT2D eigenvalue weighted by Crippen LogP contribution is -2.58. The first kappa shape index (κ1) is 19.8. The number of rotatable bonds is 6. The van der Waals surface area contributed by atoms with Crippen LogP contribution in [0.15, 0.2) is 24.8 Å². The number of nitrogens with one attached hydrogen (secondary N) is 1. The van der Waals surface area contributed by atoms with Crippen molar-refractivity contribution >= 4 is 23.2 Å². The van der Waals surface area contributed by atoms with Gasteiger partial charge >= 0.3 is 0 Å². The Hall–Kier alpha value is -3.11. The molecule has 5 heterocycles. The number of anilines is 2. The molecule has 10 nitrogen and oxygen atoms in total. The van der Waals surface area contributed by atoms with Gasteiger partial charge in [-0.3, -0.25) is 9.69 Å². The van der Waals surface area contributed by atoms with Gasteiger partial charge in [0.25, 0.3) is 5.91 Å². The average Bonchev–Trinajstić information content (AvgIpc) is 3.06. The van der Waals surface area contributed by atoms with Gasteiger partial charge in [0.05, 0.1) is 36.1 Å². The van der Waals surface area contributed by atoms with Crippen LogP contribution in [-0.2, 0) is 4.74 Å². The standard InChI is InChI=1S/C21H26N8O2/c1-13-6-29-12-18(25-14(2)20(29)24-13)26-21(30)17-4-23-19(5-22-17)28-8-15(9-28)7-27-10-16(11-27)31-3/h4-6,12,15-16H,7-11H2,1-3H3,(H,26,30). The summed E-state index contributed by atoms with van der Waals surface area (Å²) in [6.07, 6.45) is 7.22. The zero-order valence-corrected chi connectivity index (χ0v) is 17.9. The third kappa shape index (κ3) is 3.96. The van der Waals surface area contributed by atoms with Crippen molar-refractivity contribution in [3.05, 3.63) is 41.9 Å². The lowest BCUT2D eigenvalue weighted by Gasteiger charge is -2.46. The number of fused-ring (bicyclic) bond motifs is 1. The number of methoxy groups -OCH3 is 1. The Kier molecular flexibility index (Phi) is 5.03. The normalized spacial score (nSPS) is 17.6. The van der Waals surface area contributed by atoms with E-state index in [1.165, 1.54) is 6.20 Å². The second-order valence-corrected chi connectivity index (χ2v) is 8.39. The van der Waals surface area contributed by atoms with Crippen molar-refractivity contribution in [2.45, 2.75) is 20.0 Å². The first-order valence-corrected chi connectivity index (χ1v) is 10.4. The SMILES string of the molecule is COC1CN(CC2CN(c3cnc(C(=O)Nc4cn5cc(C)nc5c(C)n4)cn3)C2)C1. The Labute approximate surface area is 180 Å². The van der Waals surface area contributed by atoms with Crippen LogP contribution in [-0.4, -0.2) is 81.1 Å². The highest BCUT2D eigenvalue weighted by atomic mass is 16.5. The molecule has 0 saturated carbocycles. The number of ether oxygens (including phenoxy) is 1. The minimum absolute atomic E-state index is 0.258. The molecule has 0 radical (unpaired) electrons. The van der Waals surface area contributed by atoms with E-state index in [1.54, 1.807) is 19.5 Å². The van der Waals surface area contributed by atoms with Gasteiger partial charge in [-0.2, -0.15) is 0 Å². The number of aryl methyl sites for hydroxylation is 2. The number of carbonyl (C=O) groups excluding carboxylic acids is 1. The quantitative estimate of drug-likeness (QED) is 0.632. The van der Waals surface area contributed by atoms with Crippen molar-refractivity contribution in [3.8, 4) is 0 Å². The molecule has 2 fully saturated rings. The first-order chi connectivity index (χ1) is 15.0. The lowest BCUT2D eigenvalue weighted by atomic mass is 9.97. The molecule has 2 saturated heterocycles. The van der Waals surface area contributed by atoms with Crippen molar-refractivity contribution in [2.24, 2.45) is 5.92 Å². The fraction of sp³-hybridized carbons (Fsp3) is 0.476. The maximum atomic E-state index is 12.6. The molecule has 0 bridgehead atoms. The van der Waals surface area contributed by atoms with Crippen LogP contribution in [0.4, 0.5) is 11.6 Å². The van der Waals surface area contributed by atoms with Crippen LogP contribution in [0, 0.1) is 19.8 Å². The van der Waals surface area contributed by atoms with Gasteiger partial charge in [-0.15, -0.1) is 0 Å². The number of nitrogens with zero attached hydrogens (tertiary/aromatic N) is 7. The zero-order chi connectivity index (χ0) is 21.5. The first-order valence-electron chi connectivity index (χ1n) is 10.4. The second kappa shape index (κ2) is 7.86. The summed E-state index contributed by atoms with van der Waals surface area (Å²) in [4.78, 5) is 34.8. The van der Waals surface area contributed by atoms with Crippen LogP contribution < -0.4 is 10.2 Å². The Morgan fingerprint density at radius 1 is 1.13 bits per heavy atom. The van der Waals surface area contributed by atoms with E-state index in [-0.39, 0.29) is 11.6 Å². The molecule has 3 aromatic heterocycles. The molecular formula is C21H26N8O2. The van der Waals surface area contributed by atoms with Crippen LogP contribution in [0.25, 0.3) is 5.65 Å². The summed E-state index contributed by atoms with van der Waals surface area (Å²) in [5, 5.41) is 2.80. The molecule has 0 aliphatic carbocycles. The van der Waals surface area contributed by atoms with Crippen molar-refractivity contribution in [2.75, 3.05) is 50.1 Å². The fourth-order valence-electron chi connectivity index (χ4n) is 4.17. The molecule has 3 aromatic rings. The van der Waals surface area contributed by atoms with Crippen LogP contribution in [0.1, 0.15) is 21.9 Å². The number of amides is 1. The van der Waals surface area contributed by atoms with Gasteiger partial charge in [-0.05, 0) is 13.8 Å². The summed E-state index contributed by atoms with van der Waals surface area (Å²) in [6, 6.07) is 0. The monoisotopic (exact) mass is 422 g/mol. The molecule has 5 rings (SSSR count). The summed E-state index contributed by atoms with van der Waals surface area (Å²) >= 11 is 0. The maximum Gasteiger partial charge on any atom is 0.277 e. The van der Waals surface area contributed by atoms with Crippen molar-refractivity contribution in [1.82, 2.24) is 29.2 Å². The van der Waals surface area contributed by atoms with E-state index in [2.05, 4.69) is 35.1 Å². The molecule has 1 amide bonds. The number of imidazole rings is 1. The molecule has 0 atom stereocenters. The van der Waals surface area contributed by atoms with Gasteiger partial charge in [0, 0.05) is 51.9 Å². The molecule has 2 aliphatic heterocycles. The highest BCUT2D eigenvalue weighted by molar-refractivity contribution is 6.02. The topological polar surface area (TPSA) is 101 Å². The van der Waals surface area contributed by atoms with E-state index >= 15 is 0 Å². The van der Waals surface area contributed by atoms with Gasteiger partial charge in [0.1, 0.15) is 17.3 Å². The molecule has 162 valence electrons. The molecule has 0 aromatic carbocycles. The maximum absolute atomic E-state index is 12.6. The average molecular weight is 422 g/mol. The number of likely N-dealkylation sites (tertiary alicyclic amines) is 1. The van der Waals surface area contributed by atoms with E-state index in [0.717, 1.165) is 55.6 Å². The zero-order valence-electron chi connectivity index (χ0n) is 17.9. The van der Waals surface area contributed by atoms with Crippen LogP contribution in [0.2, 0.25) is 0 Å². The molecule has 2 aliphatic rings. The van der Waals surface area contributed by atoms with Gasteiger partial charge < -0.3 is 19.4 Å². The third-order valence-electron chi connectivity index (χ3n) is 5.89. The minimum atomic E-state index is -0.339. The molecule has 0 spiro atoms. The van der Waals surface area contributed by atoms with Crippen LogP contribution in [0.3, 0.4) is 0 Å². The Bertz CT molecular complexity index is 1100. The number of hydrogen-bond donors (Lipinski definition) is 1. The van der Waals surface area contributed by atoms with E-state index in [1.807, 2.05) is 24.4 Å². The number of hydrogen-bond acceptors (Lipinski definition) is 8. The Balaban J connectivity index is 1.16. The van der Waals surface area contributed by atoms with Crippen molar-refractivity contribution in [1.29, 1.82) is 0 Å². The summed E-state index contributed by atoms with van der Waals surface area (Å²) < 4.78 is 7.18. The van der Waals surface area contributed by atoms with E-state index in [4.69, 9.17) is 4.74 Å². The predicted molar refractivity (Wildman–Crippen MR) is 115 cm³/mol. The highest BCUT2D eigenvalue weighted by Gasteiger charge is 2.34. The second-order valence-electron chi connectivity index (χ2n) is 8.39. The van der Waals surface area contributed by atoms with E-state index < -0.39 is 0 Å². The molecule has 31 heavy (non-hydrogen) atoms. The third-order valence-corrected chi connectivity index (χ3v) is 5.89. The predicted octanol–water partition coefficient (Wildman–Crippen LogP) is 1.16. The summed E-state index contributed by atoms with van der Waals surface area (Å²) in [5.41, 5.74) is 2.68. The van der Waals surface area contributed by atoms with Crippen molar-refractivity contribution in [3.63, 3.8) is 0 Å². The largest absolute Gasteiger partial charge is 0.379 e. The molecule has 0 unspecified atom stereocenters. The highest BCUT2D eigenvalue weighted by Crippen LogP contribution is 2.24. The Morgan fingerprint density at radius 3 is 2.65 bits per heavy atom. The molecule has 1 N–H and O–H groups in total. The summed E-state index contributed by atoms with van der Waals surface area (Å²) in [5.74, 6) is 1.55. The van der Waals surface area contributed by atoms with E-state index in [0.29, 0.717) is 17.8 Å². The van der Waals surface area contributed by atoms with Gasteiger partial charge in [-0.1, -0.05) is 0 Å². The number of aromatic nitrogens is 5. The molecule has 10 heteroatoms. The smallest absolute Gasteiger partial charge is 0.277 e. The van der Waals surface area contributed by atoms with Crippen LogP contribution >= 0.6 is 0 Å². The van der Waals surface area contributed by atoms with Gasteiger partial charge in [0.15, 0.2) is 5.65 Å². The van der Waals surface area contributed by atoms with Crippen molar-refractivity contribution < 1.29 is 9.53 Å². The number of carbonyl (C=O) groups is 1. The van der Waals surface area contributed by atoms with E-state index in [9.17, 15) is 4.79 Å². The minimum Gasteiger partial charge on any atom is -0.379 e. The Morgan fingerprint density at radius 2 is 1.94 bits per heavy atom. The van der Waals surface area contributed by atoms with Gasteiger partial charge in [-0.25, -0.2) is 19.9 Å². The summed E-state index contributed by atoms with van der Waals surface area (Å²) in [7, 11) is 1.77. The van der Waals surface area contributed by atoms with Crippen LogP contribution in [0.5, 0.6) is 0 Å². The van der Waals surface area contributed by atoms with Gasteiger partial charge in [0.2, 0.25) is 0 Å². The summed E-state index contributed by atoms with van der Waals surface area (Å²) in [6.45, 7) is 8.85. The lowest BCUT2D eigenvalue weighted by molar-refractivity contribution is -0.0372. The molecular weight excluding hydrogens is 396 g/mol.